The Morgan fingerprint density at radius 2 is 2.29 bits per heavy atom. The monoisotopic (exact) mass is 246 g/mol. The van der Waals surface area contributed by atoms with Gasteiger partial charge in [0.15, 0.2) is 0 Å². The van der Waals surface area contributed by atoms with E-state index in [-0.39, 0.29) is 5.57 Å². The Labute approximate surface area is 102 Å². The van der Waals surface area contributed by atoms with Crippen molar-refractivity contribution < 1.29 is 9.90 Å². The lowest BCUT2D eigenvalue weighted by atomic mass is 10.1. The number of carboxylic acid groups (broad SMARTS) is 1. The van der Waals surface area contributed by atoms with Crippen LogP contribution in [0.3, 0.4) is 0 Å². The number of aliphatic carboxylic acids is 1. The van der Waals surface area contributed by atoms with Gasteiger partial charge in [0.25, 0.3) is 0 Å². The van der Waals surface area contributed by atoms with Crippen molar-refractivity contribution in [2.45, 2.75) is 0 Å². The van der Waals surface area contributed by atoms with E-state index in [1.807, 2.05) is 0 Å². The van der Waals surface area contributed by atoms with Crippen LogP contribution >= 0.6 is 11.6 Å². The lowest BCUT2D eigenvalue weighted by Crippen LogP contribution is -1.96. The molecule has 0 radical (unpaired) electrons. The van der Waals surface area contributed by atoms with Crippen LogP contribution in [0.2, 0.25) is 5.02 Å². The average molecular weight is 247 g/mol. The van der Waals surface area contributed by atoms with Crippen molar-refractivity contribution in [3.05, 3.63) is 40.6 Å². The molecule has 0 unspecified atom stereocenters. The molecule has 0 aliphatic rings. The quantitative estimate of drug-likeness (QED) is 0.632. The fourth-order valence-corrected chi connectivity index (χ4v) is 1.70. The smallest absolute Gasteiger partial charge is 0.346 e. The third-order valence-electron chi connectivity index (χ3n) is 2.33. The average Bonchev–Trinajstić information content (AvgIpc) is 2.68. The molecule has 4 nitrogen and oxygen atoms in total. The summed E-state index contributed by atoms with van der Waals surface area (Å²) in [5.74, 6) is -1.25. The summed E-state index contributed by atoms with van der Waals surface area (Å²) < 4.78 is 0. The standard InChI is InChI=1S/C12H7ClN2O2/c13-9-1-2-11-10(4-9)8(6-15-11)3-7(5-14)12(16)17/h1-4,6,15H,(H,16,17)/b7-3+. The van der Waals surface area contributed by atoms with Gasteiger partial charge in [-0.1, -0.05) is 11.6 Å². The summed E-state index contributed by atoms with van der Waals surface area (Å²) in [7, 11) is 0. The van der Waals surface area contributed by atoms with E-state index >= 15 is 0 Å². The Hall–Kier alpha value is -2.25. The molecule has 1 aromatic carbocycles. The van der Waals surface area contributed by atoms with Gasteiger partial charge in [0.05, 0.1) is 0 Å². The number of aromatic amines is 1. The highest BCUT2D eigenvalue weighted by Gasteiger charge is 2.08. The number of carbonyl (C=O) groups is 1. The first-order valence-corrected chi connectivity index (χ1v) is 5.11. The van der Waals surface area contributed by atoms with E-state index in [4.69, 9.17) is 22.0 Å². The number of nitriles is 1. The first-order chi connectivity index (χ1) is 8.11. The van der Waals surface area contributed by atoms with Crippen molar-refractivity contribution in [3.63, 3.8) is 0 Å². The molecule has 1 heterocycles. The molecule has 2 rings (SSSR count). The number of fused-ring (bicyclic) bond motifs is 1. The number of carboxylic acids is 1. The summed E-state index contributed by atoms with van der Waals surface area (Å²) in [4.78, 5) is 13.7. The topological polar surface area (TPSA) is 76.9 Å². The van der Waals surface area contributed by atoms with Crippen LogP contribution in [0.4, 0.5) is 0 Å². The van der Waals surface area contributed by atoms with Gasteiger partial charge in [0.2, 0.25) is 0 Å². The second-order valence-electron chi connectivity index (χ2n) is 3.41. The predicted molar refractivity (Wildman–Crippen MR) is 64.5 cm³/mol. The zero-order chi connectivity index (χ0) is 12.4. The van der Waals surface area contributed by atoms with E-state index in [1.165, 1.54) is 6.08 Å². The Bertz CT molecular complexity index is 665. The highest BCUT2D eigenvalue weighted by atomic mass is 35.5. The fourth-order valence-electron chi connectivity index (χ4n) is 1.53. The maximum absolute atomic E-state index is 10.7. The minimum atomic E-state index is -1.25. The van der Waals surface area contributed by atoms with E-state index in [2.05, 4.69) is 4.98 Å². The minimum Gasteiger partial charge on any atom is -0.477 e. The van der Waals surface area contributed by atoms with Gasteiger partial charge < -0.3 is 10.1 Å². The first-order valence-electron chi connectivity index (χ1n) is 4.73. The van der Waals surface area contributed by atoms with E-state index in [1.54, 1.807) is 30.5 Å². The molecule has 5 heteroatoms. The Balaban J connectivity index is 2.61. The van der Waals surface area contributed by atoms with Gasteiger partial charge in [-0.05, 0) is 24.3 Å². The molecule has 2 aromatic rings. The summed E-state index contributed by atoms with van der Waals surface area (Å²) in [6.07, 6.45) is 2.96. The molecular formula is C12H7ClN2O2. The molecule has 0 bridgehead atoms. The molecule has 0 saturated heterocycles. The van der Waals surface area contributed by atoms with E-state index < -0.39 is 5.97 Å². The van der Waals surface area contributed by atoms with Gasteiger partial charge in [-0.3, -0.25) is 0 Å². The summed E-state index contributed by atoms with van der Waals surface area (Å²) in [5, 5.41) is 18.8. The molecular weight excluding hydrogens is 240 g/mol. The van der Waals surface area contributed by atoms with Crippen LogP contribution in [0.25, 0.3) is 17.0 Å². The highest BCUT2D eigenvalue weighted by molar-refractivity contribution is 6.31. The van der Waals surface area contributed by atoms with Gasteiger partial charge in [-0.2, -0.15) is 5.26 Å². The number of rotatable bonds is 2. The zero-order valence-corrected chi connectivity index (χ0v) is 9.32. The Kier molecular flexibility index (Phi) is 2.86. The van der Waals surface area contributed by atoms with E-state index in [0.717, 1.165) is 10.9 Å². The third-order valence-corrected chi connectivity index (χ3v) is 2.56. The lowest BCUT2D eigenvalue weighted by Gasteiger charge is -1.94. The van der Waals surface area contributed by atoms with E-state index in [0.29, 0.717) is 10.6 Å². The second-order valence-corrected chi connectivity index (χ2v) is 3.85. The highest BCUT2D eigenvalue weighted by Crippen LogP contribution is 2.24. The van der Waals surface area contributed by atoms with Gasteiger partial charge in [-0.15, -0.1) is 0 Å². The molecule has 0 fully saturated rings. The summed E-state index contributed by atoms with van der Waals surface area (Å²) >= 11 is 5.86. The number of nitrogens with one attached hydrogen (secondary N) is 1. The van der Waals surface area contributed by atoms with Crippen LogP contribution in [0.1, 0.15) is 5.56 Å². The number of benzene rings is 1. The fraction of sp³-hybridized carbons (Fsp3) is 0. The first kappa shape index (κ1) is 11.2. The van der Waals surface area contributed by atoms with Crippen molar-refractivity contribution in [1.29, 1.82) is 5.26 Å². The number of nitrogens with zero attached hydrogens (tertiary/aromatic N) is 1. The maximum Gasteiger partial charge on any atom is 0.346 e. The molecule has 0 atom stereocenters. The van der Waals surface area contributed by atoms with Crippen LogP contribution in [-0.2, 0) is 4.79 Å². The molecule has 0 spiro atoms. The molecule has 84 valence electrons. The van der Waals surface area contributed by atoms with Crippen LogP contribution < -0.4 is 0 Å². The molecule has 1 aromatic heterocycles. The largest absolute Gasteiger partial charge is 0.477 e. The third kappa shape index (κ3) is 2.14. The van der Waals surface area contributed by atoms with Crippen LogP contribution in [0.15, 0.2) is 30.0 Å². The number of hydrogen-bond donors (Lipinski definition) is 2. The van der Waals surface area contributed by atoms with Crippen molar-refractivity contribution in [3.8, 4) is 6.07 Å². The molecule has 0 aliphatic heterocycles. The van der Waals surface area contributed by atoms with Crippen molar-refractivity contribution in [2.24, 2.45) is 0 Å². The number of aromatic nitrogens is 1. The Morgan fingerprint density at radius 3 is 2.94 bits per heavy atom. The molecule has 17 heavy (non-hydrogen) atoms. The van der Waals surface area contributed by atoms with Crippen molar-refractivity contribution in [1.82, 2.24) is 4.98 Å². The summed E-state index contributed by atoms with van der Waals surface area (Å²) in [5.41, 5.74) is 1.15. The molecule has 2 N–H and O–H groups in total. The molecule has 0 amide bonds. The van der Waals surface area contributed by atoms with Crippen molar-refractivity contribution >= 4 is 34.5 Å². The minimum absolute atomic E-state index is 0.314. The Morgan fingerprint density at radius 1 is 1.53 bits per heavy atom. The van der Waals surface area contributed by atoms with Crippen LogP contribution in [0, 0.1) is 11.3 Å². The van der Waals surface area contributed by atoms with Crippen molar-refractivity contribution in [2.75, 3.05) is 0 Å². The van der Waals surface area contributed by atoms with Gasteiger partial charge in [0, 0.05) is 27.7 Å². The summed E-state index contributed by atoms with van der Waals surface area (Å²) in [6, 6.07) is 6.88. The van der Waals surface area contributed by atoms with Gasteiger partial charge in [-0.25, -0.2) is 4.79 Å². The van der Waals surface area contributed by atoms with Crippen LogP contribution in [-0.4, -0.2) is 16.1 Å². The number of H-pyrrole nitrogens is 1. The SMILES string of the molecule is N#C/C(=C\c1c[nH]c2ccc(Cl)cc12)C(=O)O. The van der Waals surface area contributed by atoms with E-state index in [9.17, 15) is 4.79 Å². The predicted octanol–water partition coefficient (Wildman–Crippen LogP) is 2.81. The molecule has 0 saturated carbocycles. The number of halogens is 1. The summed E-state index contributed by atoms with van der Waals surface area (Å²) in [6.45, 7) is 0. The normalized spacial score (nSPS) is 11.4. The molecule has 0 aliphatic carbocycles. The second kappa shape index (κ2) is 4.32. The van der Waals surface area contributed by atoms with Gasteiger partial charge in [0.1, 0.15) is 11.6 Å². The zero-order valence-electron chi connectivity index (χ0n) is 8.57. The van der Waals surface area contributed by atoms with Gasteiger partial charge >= 0.3 is 5.97 Å². The maximum atomic E-state index is 10.7. The lowest BCUT2D eigenvalue weighted by molar-refractivity contribution is -0.132. The van der Waals surface area contributed by atoms with Crippen LogP contribution in [0.5, 0.6) is 0 Å². The number of hydrogen-bond acceptors (Lipinski definition) is 2.